The zero-order chi connectivity index (χ0) is 12.8. The van der Waals surface area contributed by atoms with E-state index >= 15 is 0 Å². The summed E-state index contributed by atoms with van der Waals surface area (Å²) in [6.45, 7) is 0. The van der Waals surface area contributed by atoms with E-state index < -0.39 is 11.7 Å². The van der Waals surface area contributed by atoms with Crippen LogP contribution in [0.3, 0.4) is 0 Å². The average molecular weight is 252 g/mol. The van der Waals surface area contributed by atoms with Gasteiger partial charge in [-0.05, 0) is 12.1 Å². The van der Waals surface area contributed by atoms with Crippen LogP contribution in [0.15, 0.2) is 36.9 Å². The van der Waals surface area contributed by atoms with Gasteiger partial charge in [0, 0.05) is 23.8 Å². The van der Waals surface area contributed by atoms with Gasteiger partial charge in [-0.25, -0.2) is 0 Å². The fraction of sp³-hybridized carbons (Fsp3) is 0.0833. The minimum absolute atomic E-state index is 0.0511. The molecule has 0 bridgehead atoms. The number of rotatable bonds is 0. The van der Waals surface area contributed by atoms with Gasteiger partial charge in [0.1, 0.15) is 6.26 Å². The highest BCUT2D eigenvalue weighted by molar-refractivity contribution is 5.89. The molecule has 0 atom stereocenters. The molecule has 1 aliphatic rings. The van der Waals surface area contributed by atoms with E-state index in [1.807, 2.05) is 0 Å². The van der Waals surface area contributed by atoms with Crippen LogP contribution in [-0.2, 0) is 6.18 Å². The van der Waals surface area contributed by atoms with Crippen LogP contribution in [0.25, 0.3) is 10.9 Å². The lowest BCUT2D eigenvalue weighted by atomic mass is 10.1. The largest absolute Gasteiger partial charge is 0.461 e. The lowest BCUT2D eigenvalue weighted by Crippen LogP contribution is -2.07. The number of hydrogen-bond acceptors (Lipinski definition) is 3. The molecule has 0 unspecified atom stereocenters. The van der Waals surface area contributed by atoms with Crippen molar-refractivity contribution in [3.63, 3.8) is 0 Å². The molecule has 0 saturated heterocycles. The number of anilines is 1. The van der Waals surface area contributed by atoms with E-state index in [2.05, 4.69) is 10.3 Å². The SMILES string of the molecule is FC(F)(F)c1ccnc2cc3c(cc12)NC=CO3. The zero-order valence-corrected chi connectivity index (χ0v) is 8.95. The molecule has 18 heavy (non-hydrogen) atoms. The summed E-state index contributed by atoms with van der Waals surface area (Å²) < 4.78 is 43.8. The summed E-state index contributed by atoms with van der Waals surface area (Å²) in [5.41, 5.74) is 0.0378. The second-order valence-electron chi connectivity index (χ2n) is 3.79. The van der Waals surface area contributed by atoms with Crippen molar-refractivity contribution in [2.24, 2.45) is 0 Å². The molecular weight excluding hydrogens is 245 g/mol. The van der Waals surface area contributed by atoms with E-state index in [0.29, 0.717) is 11.4 Å². The number of alkyl halides is 3. The van der Waals surface area contributed by atoms with E-state index in [9.17, 15) is 13.2 Å². The number of ether oxygens (including phenoxy) is 1. The van der Waals surface area contributed by atoms with Gasteiger partial charge in [-0.15, -0.1) is 0 Å². The number of aromatic nitrogens is 1. The monoisotopic (exact) mass is 252 g/mol. The van der Waals surface area contributed by atoms with E-state index in [-0.39, 0.29) is 10.9 Å². The maximum Gasteiger partial charge on any atom is 0.417 e. The lowest BCUT2D eigenvalue weighted by molar-refractivity contribution is -0.136. The summed E-state index contributed by atoms with van der Waals surface area (Å²) >= 11 is 0. The van der Waals surface area contributed by atoms with Crippen molar-refractivity contribution in [2.45, 2.75) is 6.18 Å². The Morgan fingerprint density at radius 2 is 2.06 bits per heavy atom. The van der Waals surface area contributed by atoms with Crippen molar-refractivity contribution in [3.05, 3.63) is 42.4 Å². The molecule has 6 heteroatoms. The van der Waals surface area contributed by atoms with Crippen LogP contribution in [0, 0.1) is 0 Å². The number of nitrogens with zero attached hydrogens (tertiary/aromatic N) is 1. The lowest BCUT2D eigenvalue weighted by Gasteiger charge is -2.16. The highest BCUT2D eigenvalue weighted by Crippen LogP contribution is 2.38. The van der Waals surface area contributed by atoms with Crippen molar-refractivity contribution in [3.8, 4) is 5.75 Å². The van der Waals surface area contributed by atoms with E-state index in [1.165, 1.54) is 24.6 Å². The maximum absolute atomic E-state index is 12.9. The number of nitrogens with one attached hydrogen (secondary N) is 1. The van der Waals surface area contributed by atoms with Crippen LogP contribution in [-0.4, -0.2) is 4.98 Å². The number of fused-ring (bicyclic) bond motifs is 2. The van der Waals surface area contributed by atoms with Gasteiger partial charge in [-0.3, -0.25) is 4.98 Å². The van der Waals surface area contributed by atoms with Gasteiger partial charge in [-0.2, -0.15) is 13.2 Å². The van der Waals surface area contributed by atoms with Crippen molar-refractivity contribution in [2.75, 3.05) is 5.32 Å². The van der Waals surface area contributed by atoms with Crippen LogP contribution in [0.1, 0.15) is 5.56 Å². The summed E-state index contributed by atoms with van der Waals surface area (Å²) in [6.07, 6.45) is -0.329. The Balaban J connectivity index is 2.29. The third-order valence-corrected chi connectivity index (χ3v) is 2.65. The van der Waals surface area contributed by atoms with Gasteiger partial charge >= 0.3 is 6.18 Å². The third-order valence-electron chi connectivity index (χ3n) is 2.65. The quantitative estimate of drug-likeness (QED) is 0.778. The third kappa shape index (κ3) is 1.66. The number of benzene rings is 1. The van der Waals surface area contributed by atoms with Crippen LogP contribution in [0.5, 0.6) is 5.75 Å². The summed E-state index contributed by atoms with van der Waals surface area (Å²) in [5, 5.41) is 2.88. The summed E-state index contributed by atoms with van der Waals surface area (Å²) in [5.74, 6) is 0.455. The molecule has 1 aliphatic heterocycles. The number of pyridine rings is 1. The average Bonchev–Trinajstić information content (AvgIpc) is 2.34. The van der Waals surface area contributed by atoms with Crippen molar-refractivity contribution >= 4 is 16.6 Å². The Hall–Kier alpha value is -2.24. The van der Waals surface area contributed by atoms with Crippen LogP contribution in [0.2, 0.25) is 0 Å². The Bertz CT molecular complexity index is 650. The molecule has 2 aromatic rings. The smallest absolute Gasteiger partial charge is 0.417 e. The molecule has 0 radical (unpaired) electrons. The minimum atomic E-state index is -4.40. The second-order valence-corrected chi connectivity index (χ2v) is 3.79. The highest BCUT2D eigenvalue weighted by Gasteiger charge is 2.33. The standard InChI is InChI=1S/C12H7F3N2O/c13-12(14,15)8-1-2-16-9-6-11-10(5-7(8)9)17-3-4-18-11/h1-6,17H. The molecule has 0 aliphatic carbocycles. The number of halogens is 3. The predicted octanol–water partition coefficient (Wildman–Crippen LogP) is 3.53. The molecule has 1 aromatic carbocycles. The van der Waals surface area contributed by atoms with Crippen molar-refractivity contribution in [1.29, 1.82) is 0 Å². The molecule has 3 nitrogen and oxygen atoms in total. The summed E-state index contributed by atoms with van der Waals surface area (Å²) in [4.78, 5) is 3.93. The Labute approximate surface area is 99.9 Å². The molecule has 3 rings (SSSR count). The number of hydrogen-bond donors (Lipinski definition) is 1. The van der Waals surface area contributed by atoms with Gasteiger partial charge in [0.05, 0.1) is 16.8 Å². The topological polar surface area (TPSA) is 34.2 Å². The summed E-state index contributed by atoms with van der Waals surface area (Å²) in [7, 11) is 0. The van der Waals surface area contributed by atoms with Crippen molar-refractivity contribution < 1.29 is 17.9 Å². The Morgan fingerprint density at radius 3 is 2.83 bits per heavy atom. The molecule has 0 amide bonds. The van der Waals surface area contributed by atoms with Gasteiger partial charge in [0.25, 0.3) is 0 Å². The molecule has 0 spiro atoms. The Kier molecular flexibility index (Phi) is 2.19. The normalized spacial score (nSPS) is 13.9. The molecule has 92 valence electrons. The minimum Gasteiger partial charge on any atom is -0.461 e. The fourth-order valence-electron chi connectivity index (χ4n) is 1.86. The van der Waals surface area contributed by atoms with E-state index in [4.69, 9.17) is 4.74 Å². The maximum atomic E-state index is 12.9. The van der Waals surface area contributed by atoms with Crippen LogP contribution in [0.4, 0.5) is 18.9 Å². The first-order valence-corrected chi connectivity index (χ1v) is 5.14. The highest BCUT2D eigenvalue weighted by atomic mass is 19.4. The molecule has 1 N–H and O–H groups in total. The van der Waals surface area contributed by atoms with Gasteiger partial charge < -0.3 is 10.1 Å². The first-order valence-electron chi connectivity index (χ1n) is 5.14. The van der Waals surface area contributed by atoms with Gasteiger partial charge in [0.15, 0.2) is 5.75 Å². The second kappa shape index (κ2) is 3.63. The molecule has 0 saturated carbocycles. The molecule has 0 fully saturated rings. The van der Waals surface area contributed by atoms with Gasteiger partial charge in [-0.1, -0.05) is 0 Å². The van der Waals surface area contributed by atoms with Gasteiger partial charge in [0.2, 0.25) is 0 Å². The molecular formula is C12H7F3N2O. The molecule has 1 aromatic heterocycles. The van der Waals surface area contributed by atoms with E-state index in [0.717, 1.165) is 12.3 Å². The first kappa shape index (κ1) is 10.9. The first-order chi connectivity index (χ1) is 8.55. The van der Waals surface area contributed by atoms with Crippen LogP contribution >= 0.6 is 0 Å². The zero-order valence-electron chi connectivity index (χ0n) is 8.95. The predicted molar refractivity (Wildman–Crippen MR) is 60.1 cm³/mol. The van der Waals surface area contributed by atoms with Crippen molar-refractivity contribution in [1.82, 2.24) is 4.98 Å². The van der Waals surface area contributed by atoms with E-state index in [1.54, 1.807) is 0 Å². The Morgan fingerprint density at radius 1 is 1.22 bits per heavy atom. The molecule has 2 heterocycles. The summed E-state index contributed by atoms with van der Waals surface area (Å²) in [6, 6.07) is 3.84. The van der Waals surface area contributed by atoms with Crippen LogP contribution < -0.4 is 10.1 Å². The fourth-order valence-corrected chi connectivity index (χ4v) is 1.86.